The van der Waals surface area contributed by atoms with Gasteiger partial charge in [-0.05, 0) is 79.9 Å². The number of amides is 2. The SMILES string of the molecule is O=C(CC12CC3CC(CC(C3)C1)C2)NCCNC(=O)c1cccc(O)c1. The van der Waals surface area contributed by atoms with Crippen molar-refractivity contribution < 1.29 is 14.7 Å². The predicted octanol–water partition coefficient (Wildman–Crippen LogP) is 2.84. The van der Waals surface area contributed by atoms with Crippen LogP contribution in [0.2, 0.25) is 0 Å². The zero-order valence-electron chi connectivity index (χ0n) is 15.2. The van der Waals surface area contributed by atoms with Gasteiger partial charge in [0.2, 0.25) is 5.91 Å². The smallest absolute Gasteiger partial charge is 0.251 e. The van der Waals surface area contributed by atoms with Crippen LogP contribution in [0, 0.1) is 23.2 Å². The van der Waals surface area contributed by atoms with Gasteiger partial charge in [-0.25, -0.2) is 0 Å². The Hall–Kier alpha value is -2.04. The molecule has 0 aromatic heterocycles. The molecule has 4 bridgehead atoms. The molecule has 26 heavy (non-hydrogen) atoms. The van der Waals surface area contributed by atoms with Gasteiger partial charge in [0, 0.05) is 25.1 Å². The number of rotatable bonds is 6. The fraction of sp³-hybridized carbons (Fsp3) is 0.619. The summed E-state index contributed by atoms with van der Waals surface area (Å²) in [5, 5.41) is 15.2. The van der Waals surface area contributed by atoms with Crippen LogP contribution in [-0.4, -0.2) is 30.0 Å². The quantitative estimate of drug-likeness (QED) is 0.686. The maximum Gasteiger partial charge on any atom is 0.251 e. The number of hydrogen-bond donors (Lipinski definition) is 3. The summed E-state index contributed by atoms with van der Waals surface area (Å²) in [5.74, 6) is 2.53. The number of carbonyl (C=O) groups is 2. The van der Waals surface area contributed by atoms with Crippen LogP contribution in [0.5, 0.6) is 5.75 Å². The average Bonchev–Trinajstić information content (AvgIpc) is 2.57. The van der Waals surface area contributed by atoms with E-state index in [1.165, 1.54) is 50.7 Å². The van der Waals surface area contributed by atoms with Gasteiger partial charge in [0.1, 0.15) is 5.75 Å². The highest BCUT2D eigenvalue weighted by Gasteiger charge is 2.51. The molecule has 0 spiro atoms. The average molecular weight is 356 g/mol. The molecule has 0 aliphatic heterocycles. The number of nitrogens with one attached hydrogen (secondary N) is 2. The molecule has 0 unspecified atom stereocenters. The van der Waals surface area contributed by atoms with Gasteiger partial charge in [0.25, 0.3) is 5.91 Å². The van der Waals surface area contributed by atoms with E-state index in [9.17, 15) is 14.7 Å². The second-order valence-corrected chi connectivity index (χ2v) is 8.75. The van der Waals surface area contributed by atoms with Crippen LogP contribution in [0.25, 0.3) is 0 Å². The van der Waals surface area contributed by atoms with Crippen molar-refractivity contribution in [2.75, 3.05) is 13.1 Å². The van der Waals surface area contributed by atoms with Crippen molar-refractivity contribution in [3.63, 3.8) is 0 Å². The Bertz CT molecular complexity index is 665. The van der Waals surface area contributed by atoms with Crippen molar-refractivity contribution in [3.05, 3.63) is 29.8 Å². The Kier molecular flexibility index (Phi) is 4.63. The topological polar surface area (TPSA) is 78.4 Å². The van der Waals surface area contributed by atoms with Crippen molar-refractivity contribution in [2.45, 2.75) is 44.9 Å². The van der Waals surface area contributed by atoms with Gasteiger partial charge in [0.05, 0.1) is 0 Å². The molecular weight excluding hydrogens is 328 g/mol. The van der Waals surface area contributed by atoms with Crippen molar-refractivity contribution in [2.24, 2.45) is 23.2 Å². The molecule has 4 aliphatic carbocycles. The fourth-order valence-electron chi connectivity index (χ4n) is 6.04. The fourth-order valence-corrected chi connectivity index (χ4v) is 6.04. The molecule has 4 saturated carbocycles. The zero-order chi connectivity index (χ0) is 18.1. The Morgan fingerprint density at radius 1 is 1.00 bits per heavy atom. The molecule has 3 N–H and O–H groups in total. The van der Waals surface area contributed by atoms with E-state index < -0.39 is 0 Å². The molecule has 0 radical (unpaired) electrons. The second kappa shape index (κ2) is 6.93. The molecule has 0 saturated heterocycles. The lowest BCUT2D eigenvalue weighted by molar-refractivity contribution is -0.129. The summed E-state index contributed by atoms with van der Waals surface area (Å²) in [7, 11) is 0. The minimum Gasteiger partial charge on any atom is -0.508 e. The van der Waals surface area contributed by atoms with Gasteiger partial charge in [-0.1, -0.05) is 6.07 Å². The molecule has 4 aliphatic rings. The summed E-state index contributed by atoms with van der Waals surface area (Å²) in [6, 6.07) is 6.25. The van der Waals surface area contributed by atoms with Crippen LogP contribution >= 0.6 is 0 Å². The van der Waals surface area contributed by atoms with Crippen LogP contribution in [0.1, 0.15) is 55.3 Å². The van der Waals surface area contributed by atoms with E-state index in [2.05, 4.69) is 10.6 Å². The number of hydrogen-bond acceptors (Lipinski definition) is 3. The molecule has 2 amide bonds. The van der Waals surface area contributed by atoms with E-state index >= 15 is 0 Å². The summed E-state index contributed by atoms with van der Waals surface area (Å²) in [4.78, 5) is 24.4. The van der Waals surface area contributed by atoms with Gasteiger partial charge in [-0.2, -0.15) is 0 Å². The van der Waals surface area contributed by atoms with E-state index in [0.717, 1.165) is 17.8 Å². The monoisotopic (exact) mass is 356 g/mol. The molecule has 5 nitrogen and oxygen atoms in total. The first-order valence-corrected chi connectivity index (χ1v) is 9.85. The second-order valence-electron chi connectivity index (χ2n) is 8.75. The molecule has 4 fully saturated rings. The van der Waals surface area contributed by atoms with Gasteiger partial charge in [0.15, 0.2) is 0 Å². The van der Waals surface area contributed by atoms with Gasteiger partial charge in [-0.3, -0.25) is 9.59 Å². The third kappa shape index (κ3) is 3.71. The summed E-state index contributed by atoms with van der Waals surface area (Å²) in [6.45, 7) is 0.830. The third-order valence-corrected chi connectivity index (χ3v) is 6.54. The van der Waals surface area contributed by atoms with E-state index in [4.69, 9.17) is 0 Å². The molecule has 0 atom stereocenters. The number of benzene rings is 1. The van der Waals surface area contributed by atoms with Gasteiger partial charge < -0.3 is 15.7 Å². The Morgan fingerprint density at radius 3 is 2.23 bits per heavy atom. The highest BCUT2D eigenvalue weighted by molar-refractivity contribution is 5.94. The minimum atomic E-state index is -0.240. The number of carbonyl (C=O) groups excluding carboxylic acids is 2. The molecule has 1 aromatic carbocycles. The lowest BCUT2D eigenvalue weighted by Crippen LogP contribution is -2.48. The van der Waals surface area contributed by atoms with Crippen LogP contribution in [0.4, 0.5) is 0 Å². The van der Waals surface area contributed by atoms with Crippen molar-refractivity contribution in [3.8, 4) is 5.75 Å². The van der Waals surface area contributed by atoms with Crippen molar-refractivity contribution >= 4 is 11.8 Å². The lowest BCUT2D eigenvalue weighted by atomic mass is 9.49. The lowest BCUT2D eigenvalue weighted by Gasteiger charge is -2.56. The highest BCUT2D eigenvalue weighted by atomic mass is 16.3. The molecule has 1 aromatic rings. The highest BCUT2D eigenvalue weighted by Crippen LogP contribution is 2.61. The van der Waals surface area contributed by atoms with Crippen LogP contribution in [0.3, 0.4) is 0 Å². The molecule has 5 heteroatoms. The number of phenols is 1. The minimum absolute atomic E-state index is 0.0709. The van der Waals surface area contributed by atoms with Crippen LogP contribution in [0.15, 0.2) is 24.3 Å². The van der Waals surface area contributed by atoms with E-state index in [1.807, 2.05) is 0 Å². The third-order valence-electron chi connectivity index (χ3n) is 6.54. The van der Waals surface area contributed by atoms with E-state index in [0.29, 0.717) is 25.1 Å². The van der Waals surface area contributed by atoms with Crippen molar-refractivity contribution in [1.82, 2.24) is 10.6 Å². The first-order valence-electron chi connectivity index (χ1n) is 9.85. The summed E-state index contributed by atoms with van der Waals surface area (Å²) >= 11 is 0. The number of aromatic hydroxyl groups is 1. The normalized spacial score (nSPS) is 31.6. The molecule has 140 valence electrons. The largest absolute Gasteiger partial charge is 0.508 e. The summed E-state index contributed by atoms with van der Waals surface area (Å²) < 4.78 is 0. The first-order chi connectivity index (χ1) is 12.5. The standard InChI is InChI=1S/C21H28N2O3/c24-18-3-1-2-17(9-18)20(26)23-5-4-22-19(25)13-21-10-14-6-15(11-21)8-16(7-14)12-21/h1-3,9,14-16,24H,4-8,10-13H2,(H,22,25)(H,23,26). The van der Waals surface area contributed by atoms with Gasteiger partial charge in [-0.15, -0.1) is 0 Å². The Labute approximate surface area is 154 Å². The van der Waals surface area contributed by atoms with Crippen LogP contribution in [-0.2, 0) is 4.79 Å². The zero-order valence-corrected chi connectivity index (χ0v) is 15.2. The number of phenolic OH excluding ortho intramolecular Hbond substituents is 1. The molecule has 5 rings (SSSR count). The summed E-state index contributed by atoms with van der Waals surface area (Å²) in [6.07, 6.45) is 8.53. The first kappa shape index (κ1) is 17.4. The maximum absolute atomic E-state index is 12.4. The summed E-state index contributed by atoms with van der Waals surface area (Å²) in [5.41, 5.74) is 0.675. The molecular formula is C21H28N2O3. The van der Waals surface area contributed by atoms with E-state index in [1.54, 1.807) is 12.1 Å². The predicted molar refractivity (Wildman–Crippen MR) is 98.7 cm³/mol. The Morgan fingerprint density at radius 2 is 1.62 bits per heavy atom. The van der Waals surface area contributed by atoms with Crippen LogP contribution < -0.4 is 10.6 Å². The van der Waals surface area contributed by atoms with E-state index in [-0.39, 0.29) is 23.0 Å². The van der Waals surface area contributed by atoms with Crippen molar-refractivity contribution in [1.29, 1.82) is 0 Å². The molecule has 0 heterocycles. The Balaban J connectivity index is 1.21. The maximum atomic E-state index is 12.4. The van der Waals surface area contributed by atoms with Gasteiger partial charge >= 0.3 is 0 Å².